The maximum absolute atomic E-state index is 11.2. The van der Waals surface area contributed by atoms with Gasteiger partial charge in [-0.1, -0.05) is 0 Å². The molecule has 3 nitrogen and oxygen atoms in total. The van der Waals surface area contributed by atoms with Crippen LogP contribution in [0.3, 0.4) is 0 Å². The van der Waals surface area contributed by atoms with Gasteiger partial charge >= 0.3 is 5.97 Å². The molecule has 1 unspecified atom stereocenters. The second-order valence-corrected chi connectivity index (χ2v) is 2.98. The Morgan fingerprint density at radius 1 is 1.62 bits per heavy atom. The molecule has 0 aliphatic heterocycles. The Hall–Kier alpha value is -1.38. The summed E-state index contributed by atoms with van der Waals surface area (Å²) in [7, 11) is 1.39. The number of aryl methyl sites for hydroxylation is 1. The average Bonchev–Trinajstić information content (AvgIpc) is 2.16. The minimum Gasteiger partial charge on any atom is -0.469 e. The van der Waals surface area contributed by atoms with Crippen LogP contribution in [-0.4, -0.2) is 18.1 Å². The number of ether oxygens (including phenoxy) is 1. The lowest BCUT2D eigenvalue weighted by Crippen LogP contribution is -2.12. The van der Waals surface area contributed by atoms with E-state index in [0.717, 1.165) is 11.1 Å². The van der Waals surface area contributed by atoms with Crippen molar-refractivity contribution in [3.8, 4) is 0 Å². The molecule has 1 aromatic rings. The van der Waals surface area contributed by atoms with E-state index in [1.165, 1.54) is 7.11 Å². The molecule has 0 spiro atoms. The van der Waals surface area contributed by atoms with E-state index in [2.05, 4.69) is 9.72 Å². The van der Waals surface area contributed by atoms with Gasteiger partial charge in [0.2, 0.25) is 0 Å². The molecule has 1 rings (SSSR count). The van der Waals surface area contributed by atoms with Crippen LogP contribution in [0.25, 0.3) is 0 Å². The molecule has 0 aliphatic rings. The summed E-state index contributed by atoms with van der Waals surface area (Å²) < 4.78 is 4.65. The number of carbonyl (C=O) groups excluding carboxylic acids is 1. The molecule has 0 saturated heterocycles. The highest BCUT2D eigenvalue weighted by Gasteiger charge is 2.17. The van der Waals surface area contributed by atoms with Gasteiger partial charge in [0.25, 0.3) is 0 Å². The van der Waals surface area contributed by atoms with Crippen LogP contribution in [0.2, 0.25) is 0 Å². The van der Waals surface area contributed by atoms with Crippen molar-refractivity contribution in [2.75, 3.05) is 7.11 Å². The molecule has 1 atom stereocenters. The number of nitrogens with zero attached hydrogens (tertiary/aromatic N) is 1. The van der Waals surface area contributed by atoms with Gasteiger partial charge in [-0.3, -0.25) is 9.78 Å². The van der Waals surface area contributed by atoms with Crippen LogP contribution >= 0.6 is 0 Å². The fourth-order valence-electron chi connectivity index (χ4n) is 1.23. The van der Waals surface area contributed by atoms with Gasteiger partial charge < -0.3 is 4.74 Å². The lowest BCUT2D eigenvalue weighted by Gasteiger charge is -2.10. The van der Waals surface area contributed by atoms with Crippen LogP contribution in [0.1, 0.15) is 24.0 Å². The summed E-state index contributed by atoms with van der Waals surface area (Å²) in [5.41, 5.74) is 1.99. The second-order valence-electron chi connectivity index (χ2n) is 2.98. The molecule has 1 heterocycles. The van der Waals surface area contributed by atoms with Gasteiger partial charge in [0.05, 0.1) is 13.0 Å². The van der Waals surface area contributed by atoms with Crippen LogP contribution in [0.15, 0.2) is 18.5 Å². The highest BCUT2D eigenvalue weighted by molar-refractivity contribution is 5.77. The van der Waals surface area contributed by atoms with E-state index in [4.69, 9.17) is 0 Å². The summed E-state index contributed by atoms with van der Waals surface area (Å²) in [5.74, 6) is -0.463. The van der Waals surface area contributed by atoms with Crippen molar-refractivity contribution in [3.05, 3.63) is 29.6 Å². The van der Waals surface area contributed by atoms with Crippen LogP contribution in [-0.2, 0) is 9.53 Å². The Labute approximate surface area is 77.8 Å². The number of aromatic nitrogens is 1. The van der Waals surface area contributed by atoms with Crippen molar-refractivity contribution >= 4 is 5.97 Å². The monoisotopic (exact) mass is 179 g/mol. The van der Waals surface area contributed by atoms with Gasteiger partial charge in [-0.15, -0.1) is 0 Å². The molecule has 0 bridgehead atoms. The Balaban J connectivity index is 2.95. The smallest absolute Gasteiger partial charge is 0.312 e. The predicted molar refractivity (Wildman–Crippen MR) is 49.4 cm³/mol. The minimum atomic E-state index is -0.237. The maximum Gasteiger partial charge on any atom is 0.312 e. The molecule has 3 heteroatoms. The van der Waals surface area contributed by atoms with E-state index < -0.39 is 0 Å². The molecule has 0 fully saturated rings. The third-order valence-corrected chi connectivity index (χ3v) is 2.10. The van der Waals surface area contributed by atoms with E-state index >= 15 is 0 Å². The van der Waals surface area contributed by atoms with E-state index in [-0.39, 0.29) is 11.9 Å². The van der Waals surface area contributed by atoms with Crippen molar-refractivity contribution in [1.29, 1.82) is 0 Å². The van der Waals surface area contributed by atoms with Gasteiger partial charge in [-0.05, 0) is 31.0 Å². The van der Waals surface area contributed by atoms with Crippen LogP contribution in [0.5, 0.6) is 0 Å². The van der Waals surface area contributed by atoms with E-state index in [9.17, 15) is 4.79 Å². The molecule has 0 aromatic carbocycles. The third-order valence-electron chi connectivity index (χ3n) is 2.10. The lowest BCUT2D eigenvalue weighted by molar-refractivity contribution is -0.142. The molecule has 0 saturated carbocycles. The number of methoxy groups -OCH3 is 1. The molecule has 13 heavy (non-hydrogen) atoms. The standard InChI is InChI=1S/C10H13NO2/c1-7-4-5-11-6-9(7)8(2)10(12)13-3/h4-6,8H,1-3H3. The molecule has 70 valence electrons. The average molecular weight is 179 g/mol. The SMILES string of the molecule is COC(=O)C(C)c1cnccc1C. The van der Waals surface area contributed by atoms with Crippen LogP contribution in [0, 0.1) is 6.92 Å². The summed E-state index contributed by atoms with van der Waals surface area (Å²) in [6.45, 7) is 3.77. The van der Waals surface area contributed by atoms with Crippen molar-refractivity contribution in [2.45, 2.75) is 19.8 Å². The maximum atomic E-state index is 11.2. The first-order chi connectivity index (χ1) is 6.16. The summed E-state index contributed by atoms with van der Waals surface area (Å²) in [4.78, 5) is 15.2. The largest absolute Gasteiger partial charge is 0.469 e. The topological polar surface area (TPSA) is 39.2 Å². The molecular weight excluding hydrogens is 166 g/mol. The van der Waals surface area contributed by atoms with E-state index in [0.29, 0.717) is 0 Å². The summed E-state index contributed by atoms with van der Waals surface area (Å²) in [6, 6.07) is 1.88. The Morgan fingerprint density at radius 3 is 2.85 bits per heavy atom. The van der Waals surface area contributed by atoms with Crippen molar-refractivity contribution in [2.24, 2.45) is 0 Å². The first kappa shape index (κ1) is 9.71. The number of pyridine rings is 1. The van der Waals surface area contributed by atoms with E-state index in [1.54, 1.807) is 12.4 Å². The normalized spacial score (nSPS) is 12.2. The van der Waals surface area contributed by atoms with Gasteiger partial charge in [-0.25, -0.2) is 0 Å². The number of hydrogen-bond donors (Lipinski definition) is 0. The molecule has 0 radical (unpaired) electrons. The van der Waals surface area contributed by atoms with Crippen molar-refractivity contribution < 1.29 is 9.53 Å². The zero-order valence-electron chi connectivity index (χ0n) is 8.07. The Kier molecular flexibility index (Phi) is 3.01. The molecule has 0 amide bonds. The van der Waals surface area contributed by atoms with Gasteiger partial charge in [-0.2, -0.15) is 0 Å². The first-order valence-electron chi connectivity index (χ1n) is 4.15. The van der Waals surface area contributed by atoms with E-state index in [1.807, 2.05) is 19.9 Å². The van der Waals surface area contributed by atoms with Crippen molar-refractivity contribution in [1.82, 2.24) is 4.98 Å². The summed E-state index contributed by atoms with van der Waals surface area (Å²) >= 11 is 0. The quantitative estimate of drug-likeness (QED) is 0.648. The Bertz CT molecular complexity index is 310. The molecule has 1 aromatic heterocycles. The zero-order valence-corrected chi connectivity index (χ0v) is 8.07. The number of carbonyl (C=O) groups is 1. The highest BCUT2D eigenvalue weighted by atomic mass is 16.5. The summed E-state index contributed by atoms with van der Waals surface area (Å²) in [5, 5.41) is 0. The number of esters is 1. The molecule has 0 N–H and O–H groups in total. The van der Waals surface area contributed by atoms with Crippen molar-refractivity contribution in [3.63, 3.8) is 0 Å². The molecule has 0 aliphatic carbocycles. The first-order valence-corrected chi connectivity index (χ1v) is 4.15. The van der Waals surface area contributed by atoms with Crippen LogP contribution < -0.4 is 0 Å². The van der Waals surface area contributed by atoms with Gasteiger partial charge in [0.15, 0.2) is 0 Å². The minimum absolute atomic E-state index is 0.226. The van der Waals surface area contributed by atoms with Gasteiger partial charge in [0, 0.05) is 12.4 Å². The second kappa shape index (κ2) is 4.03. The fourth-order valence-corrected chi connectivity index (χ4v) is 1.23. The number of rotatable bonds is 2. The van der Waals surface area contributed by atoms with Gasteiger partial charge in [0.1, 0.15) is 0 Å². The number of hydrogen-bond acceptors (Lipinski definition) is 3. The highest BCUT2D eigenvalue weighted by Crippen LogP contribution is 2.18. The zero-order chi connectivity index (χ0) is 9.84. The molecular formula is C10H13NO2. The fraction of sp³-hybridized carbons (Fsp3) is 0.400. The lowest BCUT2D eigenvalue weighted by atomic mass is 9.99. The van der Waals surface area contributed by atoms with Crippen LogP contribution in [0.4, 0.5) is 0 Å². The third kappa shape index (κ3) is 2.05. The Morgan fingerprint density at radius 2 is 2.31 bits per heavy atom. The predicted octanol–water partition coefficient (Wildman–Crippen LogP) is 1.67. The summed E-state index contributed by atoms with van der Waals surface area (Å²) in [6.07, 6.45) is 3.42.